The maximum atomic E-state index is 12.1. The lowest BCUT2D eigenvalue weighted by Gasteiger charge is -2.25. The summed E-state index contributed by atoms with van der Waals surface area (Å²) < 4.78 is 0. The predicted octanol–water partition coefficient (Wildman–Crippen LogP) is -0.343. The Hall–Kier alpha value is -2.22. The highest BCUT2D eigenvalue weighted by atomic mass is 16.2. The van der Waals surface area contributed by atoms with Gasteiger partial charge in [-0.05, 0) is 19.4 Å². The van der Waals surface area contributed by atoms with Crippen molar-refractivity contribution < 1.29 is 4.79 Å². The minimum atomic E-state index is -0.00234. The summed E-state index contributed by atoms with van der Waals surface area (Å²) in [6.45, 7) is 2.13. The van der Waals surface area contributed by atoms with E-state index in [1.165, 1.54) is 6.33 Å². The van der Waals surface area contributed by atoms with Gasteiger partial charge in [0.25, 0.3) is 0 Å². The molecule has 1 amide bonds. The first-order valence-corrected chi connectivity index (χ1v) is 7.09. The molecule has 8 heteroatoms. The summed E-state index contributed by atoms with van der Waals surface area (Å²) >= 11 is 0. The molecule has 3 N–H and O–H groups in total. The highest BCUT2D eigenvalue weighted by Crippen LogP contribution is 2.17. The molecule has 0 bridgehead atoms. The zero-order valence-electron chi connectivity index (χ0n) is 12.0. The Kier molecular flexibility index (Phi) is 3.96. The van der Waals surface area contributed by atoms with Gasteiger partial charge in [0.05, 0.1) is 12.9 Å². The molecule has 3 rings (SSSR count). The largest absolute Gasteiger partial charge is 0.351 e. The molecule has 0 radical (unpaired) electrons. The van der Waals surface area contributed by atoms with Gasteiger partial charge in [-0.1, -0.05) is 0 Å². The number of H-pyrrole nitrogens is 1. The average Bonchev–Trinajstić information content (AvgIpc) is 2.96. The van der Waals surface area contributed by atoms with Crippen LogP contribution in [0, 0.1) is 0 Å². The Morgan fingerprint density at radius 2 is 2.38 bits per heavy atom. The number of piperidine rings is 1. The molecular formula is C13H19N7O. The van der Waals surface area contributed by atoms with Gasteiger partial charge >= 0.3 is 0 Å². The third-order valence-corrected chi connectivity index (χ3v) is 3.61. The molecule has 2 aromatic rings. The lowest BCUT2D eigenvalue weighted by molar-refractivity contribution is -0.120. The number of anilines is 1. The zero-order valence-corrected chi connectivity index (χ0v) is 12.0. The number of carbonyl (C=O) groups is 1. The first-order chi connectivity index (χ1) is 10.2. The van der Waals surface area contributed by atoms with Gasteiger partial charge < -0.3 is 20.5 Å². The maximum Gasteiger partial charge on any atom is 0.239 e. The fourth-order valence-corrected chi connectivity index (χ4v) is 2.58. The number of nitrogens with zero attached hydrogens (tertiary/aromatic N) is 4. The van der Waals surface area contributed by atoms with Crippen LogP contribution in [0.2, 0.25) is 0 Å². The lowest BCUT2D eigenvalue weighted by Crippen LogP contribution is -2.48. The lowest BCUT2D eigenvalue weighted by atomic mass is 10.1. The van der Waals surface area contributed by atoms with Gasteiger partial charge in [0.1, 0.15) is 11.8 Å². The number of nitrogens with one attached hydrogen (secondary N) is 3. The summed E-state index contributed by atoms with van der Waals surface area (Å²) in [7, 11) is 1.83. The summed E-state index contributed by atoms with van der Waals surface area (Å²) in [6, 6.07) is 0.220. The Bertz CT molecular complexity index is 620. The van der Waals surface area contributed by atoms with Crippen molar-refractivity contribution in [2.24, 2.45) is 0 Å². The smallest absolute Gasteiger partial charge is 0.239 e. The molecule has 0 aromatic carbocycles. The van der Waals surface area contributed by atoms with Crippen molar-refractivity contribution in [1.82, 2.24) is 30.6 Å². The number of carbonyl (C=O) groups excluding carboxylic acids is 1. The topological polar surface area (TPSA) is 98.8 Å². The second-order valence-corrected chi connectivity index (χ2v) is 5.27. The summed E-state index contributed by atoms with van der Waals surface area (Å²) in [5.41, 5.74) is 1.34. The van der Waals surface area contributed by atoms with Gasteiger partial charge in [-0.2, -0.15) is 0 Å². The van der Waals surface area contributed by atoms with Gasteiger partial charge in [0.2, 0.25) is 5.91 Å². The monoisotopic (exact) mass is 289 g/mol. The fraction of sp³-hybridized carbons (Fsp3) is 0.538. The van der Waals surface area contributed by atoms with Crippen LogP contribution in [-0.4, -0.2) is 58.6 Å². The Balaban J connectivity index is 1.64. The summed E-state index contributed by atoms with van der Waals surface area (Å²) in [6.07, 6.45) is 5.16. The highest BCUT2D eigenvalue weighted by molar-refractivity contribution is 5.87. The van der Waals surface area contributed by atoms with Crippen molar-refractivity contribution in [1.29, 1.82) is 0 Å². The van der Waals surface area contributed by atoms with Crippen LogP contribution in [0.15, 0.2) is 12.7 Å². The number of hydrogen-bond donors (Lipinski definition) is 3. The van der Waals surface area contributed by atoms with Crippen LogP contribution in [0.25, 0.3) is 11.2 Å². The van der Waals surface area contributed by atoms with Gasteiger partial charge in [-0.3, -0.25) is 4.79 Å². The second-order valence-electron chi connectivity index (χ2n) is 5.27. The molecular weight excluding hydrogens is 270 g/mol. The fourth-order valence-electron chi connectivity index (χ4n) is 2.58. The molecule has 3 heterocycles. The van der Waals surface area contributed by atoms with Crippen LogP contribution in [0.5, 0.6) is 0 Å². The Morgan fingerprint density at radius 3 is 3.19 bits per heavy atom. The van der Waals surface area contributed by atoms with Crippen molar-refractivity contribution in [3.05, 3.63) is 12.7 Å². The van der Waals surface area contributed by atoms with E-state index in [0.717, 1.165) is 31.4 Å². The Labute approximate surface area is 122 Å². The molecule has 1 atom stereocenters. The number of rotatable bonds is 4. The summed E-state index contributed by atoms with van der Waals surface area (Å²) in [5.74, 6) is 0.673. The minimum Gasteiger partial charge on any atom is -0.351 e. The highest BCUT2D eigenvalue weighted by Gasteiger charge is 2.18. The molecule has 0 saturated carbocycles. The number of likely N-dealkylation sites (N-methyl/N-ethyl adjacent to an activating group) is 1. The van der Waals surface area contributed by atoms with Gasteiger partial charge in [0, 0.05) is 19.6 Å². The van der Waals surface area contributed by atoms with E-state index in [1.807, 2.05) is 7.05 Å². The maximum absolute atomic E-state index is 12.1. The summed E-state index contributed by atoms with van der Waals surface area (Å²) in [5, 5.41) is 6.33. The van der Waals surface area contributed by atoms with E-state index in [-0.39, 0.29) is 18.5 Å². The van der Waals surface area contributed by atoms with Crippen molar-refractivity contribution in [3.8, 4) is 0 Å². The number of hydrogen-bond acceptors (Lipinski definition) is 6. The van der Waals surface area contributed by atoms with E-state index < -0.39 is 0 Å². The molecule has 1 aliphatic rings. The number of fused-ring (bicyclic) bond motifs is 1. The van der Waals surface area contributed by atoms with Crippen molar-refractivity contribution in [3.63, 3.8) is 0 Å². The van der Waals surface area contributed by atoms with Gasteiger partial charge in [-0.25, -0.2) is 15.0 Å². The van der Waals surface area contributed by atoms with Crippen LogP contribution < -0.4 is 15.5 Å². The molecule has 2 aromatic heterocycles. The number of aromatic amines is 1. The first kappa shape index (κ1) is 13.7. The Morgan fingerprint density at radius 1 is 1.48 bits per heavy atom. The number of aromatic nitrogens is 4. The first-order valence-electron chi connectivity index (χ1n) is 7.09. The van der Waals surface area contributed by atoms with E-state index >= 15 is 0 Å². The molecule has 8 nitrogen and oxygen atoms in total. The molecule has 21 heavy (non-hydrogen) atoms. The number of imidazole rings is 1. The minimum absolute atomic E-state index is 0.00234. The molecule has 0 aliphatic carbocycles. The van der Waals surface area contributed by atoms with Crippen LogP contribution in [0.4, 0.5) is 5.82 Å². The van der Waals surface area contributed by atoms with Crippen molar-refractivity contribution in [2.75, 3.05) is 31.6 Å². The average molecular weight is 289 g/mol. The third kappa shape index (κ3) is 3.10. The van der Waals surface area contributed by atoms with E-state index in [4.69, 9.17) is 0 Å². The van der Waals surface area contributed by atoms with Gasteiger partial charge in [-0.15, -0.1) is 0 Å². The van der Waals surface area contributed by atoms with Crippen molar-refractivity contribution >= 4 is 22.9 Å². The second kappa shape index (κ2) is 6.04. The molecule has 0 spiro atoms. The molecule has 112 valence electrons. The van der Waals surface area contributed by atoms with Crippen LogP contribution in [0.1, 0.15) is 12.8 Å². The summed E-state index contributed by atoms with van der Waals surface area (Å²) in [4.78, 5) is 29.3. The zero-order chi connectivity index (χ0) is 14.7. The standard InChI is InChI=1S/C13H19N7O/c1-20(6-10(21)19-9-3-2-4-14-5-9)13-11-12(16-7-15-11)17-8-18-13/h7-9,14H,2-6H2,1H3,(H,19,21)(H,15,16,17,18)/t9-/m0/s1. The van der Waals surface area contributed by atoms with E-state index in [1.54, 1.807) is 11.2 Å². The molecule has 1 aliphatic heterocycles. The predicted molar refractivity (Wildman–Crippen MR) is 79.0 cm³/mol. The van der Waals surface area contributed by atoms with Crippen LogP contribution >= 0.6 is 0 Å². The van der Waals surface area contributed by atoms with Crippen LogP contribution in [-0.2, 0) is 4.79 Å². The van der Waals surface area contributed by atoms with Crippen molar-refractivity contribution in [2.45, 2.75) is 18.9 Å². The van der Waals surface area contributed by atoms with Gasteiger partial charge in [0.15, 0.2) is 11.5 Å². The number of amides is 1. The third-order valence-electron chi connectivity index (χ3n) is 3.61. The van der Waals surface area contributed by atoms with E-state index in [2.05, 4.69) is 30.6 Å². The SMILES string of the molecule is CN(CC(=O)N[C@H]1CCCNC1)c1ncnc2nc[nH]c12. The van der Waals surface area contributed by atoms with E-state index in [9.17, 15) is 4.79 Å². The molecule has 1 saturated heterocycles. The normalized spacial score (nSPS) is 18.6. The molecule has 0 unspecified atom stereocenters. The molecule has 1 fully saturated rings. The van der Waals surface area contributed by atoms with E-state index in [0.29, 0.717) is 11.5 Å². The quantitative estimate of drug-likeness (QED) is 0.712. The van der Waals surface area contributed by atoms with Crippen LogP contribution in [0.3, 0.4) is 0 Å².